The highest BCUT2D eigenvalue weighted by Gasteiger charge is 2.19. The van der Waals surface area contributed by atoms with Crippen LogP contribution in [0.3, 0.4) is 0 Å². The Hall–Kier alpha value is -1.01. The maximum absolute atomic E-state index is 12.1. The summed E-state index contributed by atoms with van der Waals surface area (Å²) in [7, 11) is 3.48. The molecule has 26 heavy (non-hydrogen) atoms. The number of amides is 1. The Morgan fingerprint density at radius 2 is 1.85 bits per heavy atom. The van der Waals surface area contributed by atoms with Gasteiger partial charge in [-0.15, -0.1) is 0 Å². The van der Waals surface area contributed by atoms with Gasteiger partial charge < -0.3 is 9.64 Å². The fourth-order valence-electron chi connectivity index (χ4n) is 2.54. The van der Waals surface area contributed by atoms with Gasteiger partial charge in [-0.25, -0.2) is 0 Å². The van der Waals surface area contributed by atoms with Gasteiger partial charge in [-0.05, 0) is 50.1 Å². The summed E-state index contributed by atoms with van der Waals surface area (Å²) in [5.74, 6) is 0.656. The monoisotopic (exact) mass is 443 g/mol. The predicted molar refractivity (Wildman–Crippen MR) is 113 cm³/mol. The lowest BCUT2D eigenvalue weighted by molar-refractivity contribution is 0.101. The molecule has 0 spiro atoms. The first-order valence-corrected chi connectivity index (χ1v) is 11.1. The molecule has 4 nitrogen and oxygen atoms in total. The fraction of sp³-hybridized carbons (Fsp3) is 0.600. The predicted octanol–water partition coefficient (Wildman–Crippen LogP) is 5.95. The number of Topliss-reactive ketones (excluding diaryl/α,β-unsaturated/α-hetero) is 1. The van der Waals surface area contributed by atoms with Crippen LogP contribution in [0.2, 0.25) is 0 Å². The highest BCUT2D eigenvalue weighted by Crippen LogP contribution is 2.36. The molecule has 6 heteroatoms. The van der Waals surface area contributed by atoms with E-state index in [0.717, 1.165) is 41.5 Å². The smallest absolute Gasteiger partial charge is 0.285 e. The molecule has 0 unspecified atom stereocenters. The van der Waals surface area contributed by atoms with E-state index in [1.165, 1.54) is 24.6 Å². The second kappa shape index (κ2) is 12.4. The highest BCUT2D eigenvalue weighted by molar-refractivity contribution is 9.09. The Bertz CT molecular complexity index is 605. The Morgan fingerprint density at radius 3 is 2.42 bits per heavy atom. The lowest BCUT2D eigenvalue weighted by atomic mass is 10.0. The standard InChI is InChI=1S/C20H30BrNO3S/c1-5-10-17-18(26-20(24)22(3)4)12-11-16(15(2)23)19(17)25-14-9-7-6-8-13-21/h11-12H,5-10,13-14H2,1-4H3. The van der Waals surface area contributed by atoms with E-state index in [1.807, 2.05) is 6.07 Å². The largest absolute Gasteiger partial charge is 0.493 e. The lowest BCUT2D eigenvalue weighted by Gasteiger charge is -2.19. The molecular formula is C20H30BrNO3S. The van der Waals surface area contributed by atoms with Gasteiger partial charge in [0.25, 0.3) is 5.24 Å². The molecule has 0 heterocycles. The van der Waals surface area contributed by atoms with Crippen LogP contribution >= 0.6 is 27.7 Å². The third-order valence-electron chi connectivity index (χ3n) is 3.93. The third-order valence-corrected chi connectivity index (χ3v) is 5.64. The van der Waals surface area contributed by atoms with Crippen molar-refractivity contribution in [2.75, 3.05) is 26.0 Å². The van der Waals surface area contributed by atoms with Crippen LogP contribution in [0.4, 0.5) is 4.79 Å². The van der Waals surface area contributed by atoms with Crippen LogP contribution in [0.25, 0.3) is 0 Å². The van der Waals surface area contributed by atoms with Crippen molar-refractivity contribution in [3.05, 3.63) is 23.3 Å². The van der Waals surface area contributed by atoms with E-state index in [9.17, 15) is 9.59 Å². The van der Waals surface area contributed by atoms with E-state index < -0.39 is 0 Å². The number of halogens is 1. The van der Waals surface area contributed by atoms with E-state index in [-0.39, 0.29) is 11.0 Å². The number of carbonyl (C=O) groups excluding carboxylic acids is 2. The van der Waals surface area contributed by atoms with Gasteiger partial charge >= 0.3 is 0 Å². The number of ether oxygens (including phenoxy) is 1. The number of hydrogen-bond donors (Lipinski definition) is 0. The number of benzene rings is 1. The number of alkyl halides is 1. The zero-order chi connectivity index (χ0) is 19.5. The summed E-state index contributed by atoms with van der Waals surface area (Å²) in [6.07, 6.45) is 6.11. The van der Waals surface area contributed by atoms with E-state index in [4.69, 9.17) is 4.74 Å². The second-order valence-electron chi connectivity index (χ2n) is 6.44. The summed E-state index contributed by atoms with van der Waals surface area (Å²) in [5, 5.41) is 1.00. The van der Waals surface area contributed by atoms with Crippen molar-refractivity contribution in [1.82, 2.24) is 4.90 Å². The Morgan fingerprint density at radius 1 is 1.15 bits per heavy atom. The zero-order valence-corrected chi connectivity index (χ0v) is 18.7. The van der Waals surface area contributed by atoms with Gasteiger partial charge in [0.05, 0.1) is 12.2 Å². The van der Waals surface area contributed by atoms with Gasteiger partial charge in [-0.1, -0.05) is 42.1 Å². The van der Waals surface area contributed by atoms with Crippen LogP contribution in [-0.2, 0) is 6.42 Å². The maximum atomic E-state index is 12.1. The number of carbonyl (C=O) groups is 2. The average Bonchev–Trinajstić information content (AvgIpc) is 2.59. The molecule has 0 radical (unpaired) electrons. The maximum Gasteiger partial charge on any atom is 0.285 e. The van der Waals surface area contributed by atoms with E-state index >= 15 is 0 Å². The minimum atomic E-state index is -0.0290. The van der Waals surface area contributed by atoms with E-state index in [0.29, 0.717) is 17.9 Å². The SMILES string of the molecule is CCCc1c(SC(=O)N(C)C)ccc(C(C)=O)c1OCCCCCCBr. The Labute approximate surface area is 170 Å². The molecule has 0 fully saturated rings. The molecule has 1 aromatic rings. The van der Waals surface area contributed by atoms with Gasteiger partial charge in [-0.2, -0.15) is 0 Å². The van der Waals surface area contributed by atoms with Gasteiger partial charge in [0.2, 0.25) is 0 Å². The van der Waals surface area contributed by atoms with Crippen LogP contribution in [0.1, 0.15) is 61.9 Å². The van der Waals surface area contributed by atoms with Gasteiger partial charge in [0.15, 0.2) is 5.78 Å². The Balaban J connectivity index is 3.04. The molecule has 0 atom stereocenters. The van der Waals surface area contributed by atoms with Crippen molar-refractivity contribution < 1.29 is 14.3 Å². The van der Waals surface area contributed by atoms with Crippen molar-refractivity contribution in [2.45, 2.75) is 57.3 Å². The highest BCUT2D eigenvalue weighted by atomic mass is 79.9. The summed E-state index contributed by atoms with van der Waals surface area (Å²) in [6.45, 7) is 4.24. The number of nitrogens with zero attached hydrogens (tertiary/aromatic N) is 1. The van der Waals surface area contributed by atoms with Crippen LogP contribution in [-0.4, -0.2) is 42.0 Å². The Kier molecular flexibility index (Phi) is 11.0. The summed E-state index contributed by atoms with van der Waals surface area (Å²) >= 11 is 4.64. The molecule has 1 rings (SSSR count). The summed E-state index contributed by atoms with van der Waals surface area (Å²) in [4.78, 5) is 26.6. The summed E-state index contributed by atoms with van der Waals surface area (Å²) < 4.78 is 6.07. The molecule has 0 saturated heterocycles. The minimum Gasteiger partial charge on any atom is -0.493 e. The number of rotatable bonds is 11. The molecule has 0 aliphatic heterocycles. The van der Waals surface area contributed by atoms with Crippen LogP contribution in [0.5, 0.6) is 5.75 Å². The lowest BCUT2D eigenvalue weighted by Crippen LogP contribution is -2.16. The van der Waals surface area contributed by atoms with Crippen LogP contribution in [0, 0.1) is 0 Å². The summed E-state index contributed by atoms with van der Waals surface area (Å²) in [6, 6.07) is 3.66. The third kappa shape index (κ3) is 7.31. The quantitative estimate of drug-likeness (QED) is 0.183. The number of unbranched alkanes of at least 4 members (excludes halogenated alkanes) is 3. The number of thioether (sulfide) groups is 1. The van der Waals surface area contributed by atoms with Crippen LogP contribution in [0.15, 0.2) is 17.0 Å². The van der Waals surface area contributed by atoms with Gasteiger partial charge in [-0.3, -0.25) is 9.59 Å². The second-order valence-corrected chi connectivity index (χ2v) is 8.23. The topological polar surface area (TPSA) is 46.6 Å². The first-order chi connectivity index (χ1) is 12.4. The normalized spacial score (nSPS) is 10.7. The molecule has 0 aromatic heterocycles. The zero-order valence-electron chi connectivity index (χ0n) is 16.3. The average molecular weight is 444 g/mol. The number of hydrogen-bond acceptors (Lipinski definition) is 4. The first-order valence-electron chi connectivity index (χ1n) is 9.17. The summed E-state index contributed by atoms with van der Waals surface area (Å²) in [5.41, 5.74) is 1.58. The van der Waals surface area contributed by atoms with Crippen molar-refractivity contribution in [1.29, 1.82) is 0 Å². The van der Waals surface area contributed by atoms with E-state index in [1.54, 1.807) is 32.0 Å². The van der Waals surface area contributed by atoms with Crippen molar-refractivity contribution >= 4 is 38.7 Å². The molecule has 1 amide bonds. The molecule has 0 saturated carbocycles. The molecule has 146 valence electrons. The van der Waals surface area contributed by atoms with Gasteiger partial charge in [0.1, 0.15) is 5.75 Å². The van der Waals surface area contributed by atoms with Crippen molar-refractivity contribution in [2.24, 2.45) is 0 Å². The molecule has 0 aliphatic carbocycles. The fourth-order valence-corrected chi connectivity index (χ4v) is 3.77. The molecular weight excluding hydrogens is 414 g/mol. The molecule has 0 N–H and O–H groups in total. The molecule has 0 aliphatic rings. The molecule has 0 bridgehead atoms. The van der Waals surface area contributed by atoms with Crippen molar-refractivity contribution in [3.63, 3.8) is 0 Å². The minimum absolute atomic E-state index is 0.00729. The number of ketones is 1. The first kappa shape index (κ1) is 23.0. The molecule has 1 aromatic carbocycles. The van der Waals surface area contributed by atoms with E-state index in [2.05, 4.69) is 22.9 Å². The van der Waals surface area contributed by atoms with Gasteiger partial charge in [0, 0.05) is 29.9 Å². The van der Waals surface area contributed by atoms with Crippen molar-refractivity contribution in [3.8, 4) is 5.75 Å². The van der Waals surface area contributed by atoms with Crippen LogP contribution < -0.4 is 4.74 Å².